The molecule has 0 aliphatic carbocycles. The number of thiazole rings is 1. The second-order valence-electron chi connectivity index (χ2n) is 9.22. The molecule has 0 saturated carbocycles. The highest BCUT2D eigenvalue weighted by molar-refractivity contribution is 7.15. The predicted octanol–water partition coefficient (Wildman–Crippen LogP) is 4.32. The second-order valence-corrected chi connectivity index (χ2v) is 11.3. The molecule has 1 amide bonds. The molecule has 0 spiro atoms. The van der Waals surface area contributed by atoms with Crippen molar-refractivity contribution in [3.05, 3.63) is 73.3 Å². The van der Waals surface area contributed by atoms with Crippen molar-refractivity contribution >= 4 is 28.6 Å². The van der Waals surface area contributed by atoms with Crippen LogP contribution in [0.5, 0.6) is 17.2 Å². The van der Waals surface area contributed by atoms with E-state index in [1.807, 2.05) is 18.2 Å². The van der Waals surface area contributed by atoms with E-state index in [2.05, 4.69) is 29.1 Å². The molecule has 4 aromatic rings. The van der Waals surface area contributed by atoms with Gasteiger partial charge in [-0.05, 0) is 62.8 Å². The maximum Gasteiger partial charge on any atom is 0.322 e. The Kier molecular flexibility index (Phi) is 9.91. The number of aromatic nitrogens is 3. The number of nitrogens with two attached hydrogens (primary N) is 1. The maximum absolute atomic E-state index is 11.2. The predicted molar refractivity (Wildman–Crippen MR) is 157 cm³/mol. The maximum atomic E-state index is 11.2. The molecule has 212 valence electrons. The Morgan fingerprint density at radius 3 is 2.33 bits per heavy atom. The number of nitrogens with one attached hydrogen (secondary N) is 1. The van der Waals surface area contributed by atoms with E-state index in [0.717, 1.165) is 63.6 Å². The summed E-state index contributed by atoms with van der Waals surface area (Å²) in [7, 11) is 5.34. The molecule has 3 heterocycles. The Morgan fingerprint density at radius 1 is 1.10 bits per heavy atom. The minimum Gasteiger partial charge on any atom is -0.497 e. The van der Waals surface area contributed by atoms with Gasteiger partial charge >= 0.3 is 4.87 Å². The van der Waals surface area contributed by atoms with E-state index in [0.29, 0.717) is 23.8 Å². The van der Waals surface area contributed by atoms with Crippen molar-refractivity contribution in [3.8, 4) is 27.8 Å². The van der Waals surface area contributed by atoms with E-state index in [1.54, 1.807) is 49.8 Å². The zero-order valence-corrected chi connectivity index (χ0v) is 24.6. The minimum atomic E-state index is -0.458. The molecule has 10 nitrogen and oxygen atoms in total. The first-order valence-corrected chi connectivity index (χ1v) is 14.4. The van der Waals surface area contributed by atoms with Crippen LogP contribution in [-0.4, -0.2) is 60.3 Å². The summed E-state index contributed by atoms with van der Waals surface area (Å²) in [5.41, 5.74) is 7.65. The van der Waals surface area contributed by atoms with E-state index in [1.165, 1.54) is 11.3 Å². The molecule has 2 aromatic carbocycles. The van der Waals surface area contributed by atoms with Crippen LogP contribution >= 0.6 is 22.7 Å². The number of aryl methyl sites for hydroxylation is 1. The monoisotopic (exact) mass is 583 g/mol. The SMILES string of the molecule is CCc1nc(-c2cc(OC)cc(OC)c2)sc1COc1ccc(C(N)=O)cc1.CN1CC[C@@H](c2n[nH]c(=O)s2)C1. The first-order valence-electron chi connectivity index (χ1n) is 12.8. The van der Waals surface area contributed by atoms with Gasteiger partial charge in [-0.15, -0.1) is 11.3 Å². The number of hydrogen-bond donors (Lipinski definition) is 2. The molecular weight excluding hydrogens is 550 g/mol. The summed E-state index contributed by atoms with van der Waals surface area (Å²) in [6.45, 7) is 4.60. The van der Waals surface area contributed by atoms with Crippen LogP contribution in [0.25, 0.3) is 10.6 Å². The third-order valence-electron chi connectivity index (χ3n) is 6.42. The largest absolute Gasteiger partial charge is 0.497 e. The van der Waals surface area contributed by atoms with Crippen molar-refractivity contribution < 1.29 is 19.0 Å². The van der Waals surface area contributed by atoms with Crippen LogP contribution in [0.2, 0.25) is 0 Å². The zero-order valence-electron chi connectivity index (χ0n) is 22.9. The summed E-state index contributed by atoms with van der Waals surface area (Å²) < 4.78 is 16.6. The second kappa shape index (κ2) is 13.6. The van der Waals surface area contributed by atoms with E-state index < -0.39 is 5.91 Å². The number of H-pyrrole nitrogens is 1. The minimum absolute atomic E-state index is 0.0421. The molecule has 12 heteroatoms. The molecule has 0 radical (unpaired) electrons. The fourth-order valence-electron chi connectivity index (χ4n) is 4.24. The Balaban J connectivity index is 0.000000255. The van der Waals surface area contributed by atoms with Gasteiger partial charge in [0.05, 0.1) is 24.8 Å². The van der Waals surface area contributed by atoms with Gasteiger partial charge in [0.25, 0.3) is 0 Å². The molecular formula is C28H33N5O5S2. The Labute approximate surface area is 240 Å². The third kappa shape index (κ3) is 7.46. The van der Waals surface area contributed by atoms with Crippen molar-refractivity contribution in [2.75, 3.05) is 34.4 Å². The number of hydrogen-bond acceptors (Lipinski definition) is 10. The molecule has 1 aliphatic heterocycles. The molecule has 2 aromatic heterocycles. The summed E-state index contributed by atoms with van der Waals surface area (Å²) >= 11 is 2.82. The van der Waals surface area contributed by atoms with Gasteiger partial charge in [-0.1, -0.05) is 18.3 Å². The van der Waals surface area contributed by atoms with Crippen LogP contribution in [0.4, 0.5) is 0 Å². The fraction of sp³-hybridized carbons (Fsp3) is 0.357. The number of likely N-dealkylation sites (N-methyl/N-ethyl adjacent to an activating group) is 1. The van der Waals surface area contributed by atoms with Gasteiger partial charge in [-0.2, -0.15) is 5.10 Å². The number of carbonyl (C=O) groups is 1. The lowest BCUT2D eigenvalue weighted by Gasteiger charge is -2.06. The lowest BCUT2D eigenvalue weighted by molar-refractivity contribution is 0.1000. The van der Waals surface area contributed by atoms with Crippen molar-refractivity contribution in [3.63, 3.8) is 0 Å². The van der Waals surface area contributed by atoms with E-state index in [9.17, 15) is 9.59 Å². The normalized spacial score (nSPS) is 14.8. The molecule has 0 bridgehead atoms. The first-order chi connectivity index (χ1) is 19.3. The molecule has 3 N–H and O–H groups in total. The summed E-state index contributed by atoms with van der Waals surface area (Å²) in [5, 5.41) is 8.29. The van der Waals surface area contributed by atoms with E-state index >= 15 is 0 Å². The van der Waals surface area contributed by atoms with Gasteiger partial charge in [-0.25, -0.2) is 10.1 Å². The van der Waals surface area contributed by atoms with Crippen molar-refractivity contribution in [2.24, 2.45) is 5.73 Å². The summed E-state index contributed by atoms with van der Waals surface area (Å²) in [6, 6.07) is 12.5. The quantitative estimate of drug-likeness (QED) is 0.298. The molecule has 1 aliphatic rings. The third-order valence-corrected chi connectivity index (χ3v) is 8.45. The van der Waals surface area contributed by atoms with Gasteiger partial charge in [-0.3, -0.25) is 9.59 Å². The van der Waals surface area contributed by atoms with Crippen molar-refractivity contribution in [1.82, 2.24) is 20.1 Å². The Morgan fingerprint density at radius 2 is 1.80 bits per heavy atom. The lowest BCUT2D eigenvalue weighted by Crippen LogP contribution is -2.13. The van der Waals surface area contributed by atoms with Crippen molar-refractivity contribution in [2.45, 2.75) is 32.3 Å². The van der Waals surface area contributed by atoms with E-state index in [4.69, 9.17) is 24.9 Å². The summed E-state index contributed by atoms with van der Waals surface area (Å²) in [4.78, 5) is 30.0. The number of methoxy groups -OCH3 is 2. The van der Waals surface area contributed by atoms with Gasteiger partial charge in [0.2, 0.25) is 5.91 Å². The average molecular weight is 584 g/mol. The van der Waals surface area contributed by atoms with Crippen LogP contribution in [0, 0.1) is 0 Å². The van der Waals surface area contributed by atoms with Crippen LogP contribution in [-0.2, 0) is 13.0 Å². The highest BCUT2D eigenvalue weighted by Gasteiger charge is 2.23. The van der Waals surface area contributed by atoms with Crippen molar-refractivity contribution in [1.29, 1.82) is 0 Å². The summed E-state index contributed by atoms with van der Waals surface area (Å²) in [6.07, 6.45) is 1.92. The average Bonchev–Trinajstić information content (AvgIpc) is 3.71. The van der Waals surface area contributed by atoms with E-state index in [-0.39, 0.29) is 4.87 Å². The molecule has 40 heavy (non-hydrogen) atoms. The molecule has 1 saturated heterocycles. The molecule has 5 rings (SSSR count). The lowest BCUT2D eigenvalue weighted by atomic mass is 10.1. The zero-order chi connectivity index (χ0) is 28.6. The number of benzene rings is 2. The highest BCUT2D eigenvalue weighted by Crippen LogP contribution is 2.34. The number of nitrogens with zero attached hydrogens (tertiary/aromatic N) is 3. The van der Waals surface area contributed by atoms with Crippen LogP contribution in [0.1, 0.15) is 45.2 Å². The number of carbonyl (C=O) groups excluding carboxylic acids is 1. The van der Waals surface area contributed by atoms with Gasteiger partial charge in [0, 0.05) is 29.7 Å². The smallest absolute Gasteiger partial charge is 0.322 e. The summed E-state index contributed by atoms with van der Waals surface area (Å²) in [5.74, 6) is 2.12. The van der Waals surface area contributed by atoms with Gasteiger partial charge in [0.15, 0.2) is 0 Å². The molecule has 1 fully saturated rings. The number of rotatable bonds is 9. The number of likely N-dealkylation sites (tertiary alicyclic amines) is 1. The fourth-order valence-corrected chi connectivity index (χ4v) is 6.03. The molecule has 0 unspecified atom stereocenters. The van der Waals surface area contributed by atoms with Gasteiger partial charge < -0.3 is 24.8 Å². The topological polar surface area (TPSA) is 133 Å². The van der Waals surface area contributed by atoms with Gasteiger partial charge in [0.1, 0.15) is 33.9 Å². The highest BCUT2D eigenvalue weighted by atomic mass is 32.1. The van der Waals surface area contributed by atoms with Crippen LogP contribution in [0.3, 0.4) is 0 Å². The standard InChI is InChI=1S/C21H22N2O4S.C7H11N3OS/c1-4-18-19(12-27-15-7-5-13(6-8-15)20(22)24)28-21(23-18)14-9-16(25-2)11-17(10-14)26-3;1-10-3-2-5(4-10)6-8-9-7(11)12-6/h5-11H,4,12H2,1-3H3,(H2,22,24);5H,2-4H2,1H3,(H,9,11)/t;5-/m.1/s1. The Hall–Kier alpha value is -3.74. The number of amides is 1. The number of primary amides is 1. The number of aromatic amines is 1. The Bertz CT molecular complexity index is 1460. The van der Waals surface area contributed by atoms with Crippen LogP contribution < -0.4 is 24.8 Å². The van der Waals surface area contributed by atoms with Crippen LogP contribution in [0.15, 0.2) is 47.3 Å². The number of ether oxygens (including phenoxy) is 3. The molecule has 1 atom stereocenters. The first kappa shape index (κ1) is 29.2.